The van der Waals surface area contributed by atoms with Crippen molar-refractivity contribution in [1.29, 1.82) is 0 Å². The first-order valence-electron chi connectivity index (χ1n) is 6.47. The molecule has 0 saturated carbocycles. The Morgan fingerprint density at radius 2 is 2.33 bits per heavy atom. The van der Waals surface area contributed by atoms with E-state index in [1.165, 1.54) is 18.9 Å². The van der Waals surface area contributed by atoms with Crippen LogP contribution in [-0.2, 0) is 19.1 Å². The van der Waals surface area contributed by atoms with Crippen molar-refractivity contribution in [2.75, 3.05) is 13.7 Å². The summed E-state index contributed by atoms with van der Waals surface area (Å²) in [5.74, 6) is -1.27. The van der Waals surface area contributed by atoms with Crippen molar-refractivity contribution < 1.29 is 19.1 Å². The van der Waals surface area contributed by atoms with Crippen molar-refractivity contribution in [3.8, 4) is 0 Å². The number of nitrogens with one attached hydrogen (secondary N) is 1. The zero-order chi connectivity index (χ0) is 15.1. The number of halogens is 1. The Bertz CT molecular complexity index is 610. The van der Waals surface area contributed by atoms with Crippen LogP contribution in [-0.4, -0.2) is 36.3 Å². The summed E-state index contributed by atoms with van der Waals surface area (Å²) >= 11 is 7.85. The Labute approximate surface area is 131 Å². The van der Waals surface area contributed by atoms with E-state index < -0.39 is 17.9 Å². The van der Waals surface area contributed by atoms with Crippen LogP contribution < -0.4 is 5.32 Å². The van der Waals surface area contributed by atoms with Crippen molar-refractivity contribution >= 4 is 35.3 Å². The minimum absolute atomic E-state index is 0.131. The van der Waals surface area contributed by atoms with Crippen LogP contribution in [0.5, 0.6) is 0 Å². The van der Waals surface area contributed by atoms with Crippen molar-refractivity contribution in [3.05, 3.63) is 34.0 Å². The molecule has 0 bridgehead atoms. The van der Waals surface area contributed by atoms with Gasteiger partial charge in [0.1, 0.15) is 6.61 Å². The summed E-state index contributed by atoms with van der Waals surface area (Å²) in [5.41, 5.74) is 2.33. The fraction of sp³-hybridized carbons (Fsp3) is 0.429. The molecular formula is C14H14ClNO4S. The van der Waals surface area contributed by atoms with Crippen LogP contribution >= 0.6 is 23.4 Å². The van der Waals surface area contributed by atoms with Gasteiger partial charge >= 0.3 is 11.9 Å². The minimum Gasteiger partial charge on any atom is -0.466 e. The molecule has 3 aliphatic rings. The van der Waals surface area contributed by atoms with Crippen molar-refractivity contribution in [1.82, 2.24) is 5.32 Å². The highest BCUT2D eigenvalue weighted by Crippen LogP contribution is 2.45. The van der Waals surface area contributed by atoms with Gasteiger partial charge in [-0.05, 0) is 12.3 Å². The second-order valence-corrected chi connectivity index (χ2v) is 6.57. The Balaban J connectivity index is 2.08. The molecule has 112 valence electrons. The van der Waals surface area contributed by atoms with Crippen LogP contribution in [0.4, 0.5) is 0 Å². The number of cyclic esters (lactones) is 1. The molecule has 0 spiro atoms. The van der Waals surface area contributed by atoms with Gasteiger partial charge in [-0.15, -0.1) is 23.4 Å². The Kier molecular flexibility index (Phi) is 3.75. The maximum atomic E-state index is 12.2. The predicted molar refractivity (Wildman–Crippen MR) is 79.5 cm³/mol. The third-order valence-corrected chi connectivity index (χ3v) is 5.56. The zero-order valence-electron chi connectivity index (χ0n) is 11.5. The highest BCUT2D eigenvalue weighted by molar-refractivity contribution is 8.03. The molecule has 3 unspecified atom stereocenters. The molecule has 5 nitrogen and oxygen atoms in total. The molecule has 21 heavy (non-hydrogen) atoms. The molecule has 0 aromatic heterocycles. The van der Waals surface area contributed by atoms with E-state index in [1.54, 1.807) is 6.92 Å². The smallest absolute Gasteiger partial charge is 0.336 e. The van der Waals surface area contributed by atoms with Gasteiger partial charge in [-0.2, -0.15) is 0 Å². The van der Waals surface area contributed by atoms with E-state index in [9.17, 15) is 9.59 Å². The summed E-state index contributed by atoms with van der Waals surface area (Å²) in [5, 5.41) is 4.59. The number of rotatable bonds is 2. The molecule has 0 radical (unpaired) electrons. The molecule has 3 rings (SSSR count). The lowest BCUT2D eigenvalue weighted by atomic mass is 9.82. The lowest BCUT2D eigenvalue weighted by Gasteiger charge is -2.31. The maximum Gasteiger partial charge on any atom is 0.336 e. The lowest BCUT2D eigenvalue weighted by molar-refractivity contribution is -0.137. The number of ether oxygens (including phenoxy) is 2. The quantitative estimate of drug-likeness (QED) is 0.615. The minimum atomic E-state index is -0.451. The molecule has 0 aromatic rings. The van der Waals surface area contributed by atoms with E-state index in [1.807, 2.05) is 11.5 Å². The van der Waals surface area contributed by atoms with Gasteiger partial charge in [0, 0.05) is 16.9 Å². The number of allylic oxidation sites excluding steroid dienone is 2. The molecule has 7 heteroatoms. The zero-order valence-corrected chi connectivity index (χ0v) is 13.1. The first-order valence-corrected chi connectivity index (χ1v) is 7.85. The lowest BCUT2D eigenvalue weighted by Crippen LogP contribution is -2.38. The topological polar surface area (TPSA) is 64.6 Å². The normalized spacial score (nSPS) is 31.2. The Hall–Kier alpha value is -1.40. The van der Waals surface area contributed by atoms with E-state index in [0.717, 1.165) is 0 Å². The number of dihydropyridines is 1. The molecular weight excluding hydrogens is 314 g/mol. The third kappa shape index (κ3) is 2.26. The van der Waals surface area contributed by atoms with Crippen LogP contribution in [0.25, 0.3) is 0 Å². The fourth-order valence-corrected chi connectivity index (χ4v) is 4.48. The molecule has 0 amide bonds. The molecule has 3 atom stereocenters. The van der Waals surface area contributed by atoms with E-state index in [4.69, 9.17) is 21.1 Å². The standard InChI is InChI=1S/C14H14ClNO4S/c1-6-9(13(17)19-2)11(12-7(15)3-4-21-12)10-8(16-6)5-20-14(10)18/h3-4,7,11-12,16H,5H2,1-2H3. The molecule has 3 heterocycles. The molecule has 3 aliphatic heterocycles. The van der Waals surface area contributed by atoms with E-state index in [-0.39, 0.29) is 17.2 Å². The predicted octanol–water partition coefficient (Wildman–Crippen LogP) is 1.70. The van der Waals surface area contributed by atoms with Gasteiger partial charge in [-0.25, -0.2) is 9.59 Å². The molecule has 0 saturated heterocycles. The van der Waals surface area contributed by atoms with Crippen molar-refractivity contribution in [3.63, 3.8) is 0 Å². The summed E-state index contributed by atoms with van der Waals surface area (Å²) in [6.07, 6.45) is 1.86. The summed E-state index contributed by atoms with van der Waals surface area (Å²) in [6.45, 7) is 2.00. The Morgan fingerprint density at radius 1 is 1.57 bits per heavy atom. The van der Waals surface area contributed by atoms with Crippen LogP contribution in [0.15, 0.2) is 34.0 Å². The van der Waals surface area contributed by atoms with E-state index >= 15 is 0 Å². The molecule has 1 N–H and O–H groups in total. The second kappa shape index (κ2) is 5.42. The maximum absolute atomic E-state index is 12.2. The number of hydrogen-bond acceptors (Lipinski definition) is 6. The average molecular weight is 328 g/mol. The van der Waals surface area contributed by atoms with Gasteiger partial charge in [0.25, 0.3) is 0 Å². The highest BCUT2D eigenvalue weighted by Gasteiger charge is 2.47. The number of carbonyl (C=O) groups excluding carboxylic acids is 2. The average Bonchev–Trinajstić information content (AvgIpc) is 3.03. The first-order chi connectivity index (χ1) is 10.0. The second-order valence-electron chi connectivity index (χ2n) is 4.97. The number of methoxy groups -OCH3 is 1. The van der Waals surface area contributed by atoms with Crippen LogP contribution in [0, 0.1) is 5.92 Å². The Morgan fingerprint density at radius 3 is 2.95 bits per heavy atom. The molecule has 0 aromatic carbocycles. The fourth-order valence-electron chi connectivity index (χ4n) is 2.88. The SMILES string of the molecule is COC(=O)C1=C(C)NC2=C(C(=O)OC2)C1C1SC=CC1Cl. The monoisotopic (exact) mass is 327 g/mol. The van der Waals surface area contributed by atoms with Gasteiger partial charge in [0.05, 0.1) is 29.3 Å². The van der Waals surface area contributed by atoms with Crippen molar-refractivity contribution in [2.24, 2.45) is 5.92 Å². The summed E-state index contributed by atoms with van der Waals surface area (Å²) in [7, 11) is 1.33. The van der Waals surface area contributed by atoms with Crippen LogP contribution in [0.3, 0.4) is 0 Å². The van der Waals surface area contributed by atoms with Gasteiger partial charge in [0.15, 0.2) is 0 Å². The third-order valence-electron chi connectivity index (χ3n) is 3.80. The largest absolute Gasteiger partial charge is 0.466 e. The van der Waals surface area contributed by atoms with Gasteiger partial charge in [-0.1, -0.05) is 6.08 Å². The number of carbonyl (C=O) groups is 2. The number of thioether (sulfide) groups is 1. The summed E-state index contributed by atoms with van der Waals surface area (Å²) in [6, 6.07) is 0. The highest BCUT2D eigenvalue weighted by atomic mass is 35.5. The van der Waals surface area contributed by atoms with Crippen molar-refractivity contribution in [2.45, 2.75) is 17.6 Å². The van der Waals surface area contributed by atoms with Crippen LogP contribution in [0.2, 0.25) is 0 Å². The number of alkyl halides is 1. The molecule has 0 fully saturated rings. The van der Waals surface area contributed by atoms with E-state index in [2.05, 4.69) is 5.32 Å². The number of esters is 2. The van der Waals surface area contributed by atoms with Crippen LogP contribution in [0.1, 0.15) is 6.92 Å². The first kappa shape index (κ1) is 14.5. The van der Waals surface area contributed by atoms with Gasteiger partial charge in [0.2, 0.25) is 0 Å². The molecule has 0 aliphatic carbocycles. The van der Waals surface area contributed by atoms with Gasteiger partial charge in [-0.3, -0.25) is 0 Å². The number of hydrogen-bond donors (Lipinski definition) is 1. The van der Waals surface area contributed by atoms with E-state index in [0.29, 0.717) is 22.5 Å². The van der Waals surface area contributed by atoms with Gasteiger partial charge < -0.3 is 14.8 Å². The summed E-state index contributed by atoms with van der Waals surface area (Å²) < 4.78 is 9.99. The summed E-state index contributed by atoms with van der Waals surface area (Å²) in [4.78, 5) is 24.3.